The molecule has 0 radical (unpaired) electrons. The summed E-state index contributed by atoms with van der Waals surface area (Å²) in [5.74, 6) is 1.21. The third kappa shape index (κ3) is 1.35. The summed E-state index contributed by atoms with van der Waals surface area (Å²) in [6.45, 7) is 1.31. The maximum atomic E-state index is 8.91. The average molecular weight is 202 g/mol. The molecule has 2 heterocycles. The van der Waals surface area contributed by atoms with Crippen LogP contribution >= 0.6 is 0 Å². The number of aromatic nitrogens is 2. The quantitative estimate of drug-likeness (QED) is 0.801. The van der Waals surface area contributed by atoms with Gasteiger partial charge in [-0.05, 0) is 30.5 Å². The number of aryl methyl sites for hydroxylation is 2. The fraction of sp³-hybridized carbons (Fsp3) is 0.417. The number of fused-ring (bicyclic) bond motifs is 3. The number of aliphatic hydroxyl groups is 1. The minimum Gasteiger partial charge on any atom is -0.396 e. The fourth-order valence-electron chi connectivity index (χ4n) is 2.34. The third-order valence-corrected chi connectivity index (χ3v) is 3.07. The first-order valence-corrected chi connectivity index (χ1v) is 5.47. The minimum absolute atomic E-state index is 0.215. The maximum Gasteiger partial charge on any atom is 0.109 e. The Bertz CT molecular complexity index is 502. The highest BCUT2D eigenvalue weighted by molar-refractivity contribution is 5.77. The maximum absolute atomic E-state index is 8.91. The van der Waals surface area contributed by atoms with Crippen LogP contribution in [0, 0.1) is 0 Å². The highest BCUT2D eigenvalue weighted by Crippen LogP contribution is 2.23. The Balaban J connectivity index is 2.16. The summed E-state index contributed by atoms with van der Waals surface area (Å²) < 4.78 is 2.30. The van der Waals surface area contributed by atoms with E-state index in [0.29, 0.717) is 0 Å². The van der Waals surface area contributed by atoms with Crippen LogP contribution in [0.5, 0.6) is 0 Å². The summed E-state index contributed by atoms with van der Waals surface area (Å²) in [5.41, 5.74) is 3.51. The van der Waals surface area contributed by atoms with Crippen molar-refractivity contribution in [2.75, 3.05) is 6.61 Å². The smallest absolute Gasteiger partial charge is 0.109 e. The van der Waals surface area contributed by atoms with Gasteiger partial charge >= 0.3 is 0 Å². The van der Waals surface area contributed by atoms with E-state index in [2.05, 4.69) is 27.8 Å². The lowest BCUT2D eigenvalue weighted by molar-refractivity contribution is 0.299. The van der Waals surface area contributed by atoms with Gasteiger partial charge in [0.05, 0.1) is 11.0 Å². The summed E-state index contributed by atoms with van der Waals surface area (Å²) in [6.07, 6.45) is 3.04. The second kappa shape index (κ2) is 3.35. The summed E-state index contributed by atoms with van der Waals surface area (Å²) in [5, 5.41) is 8.91. The SMILES string of the molecule is OCCc1ccc2nc3n(c2c1)CCC3. The van der Waals surface area contributed by atoms with Crippen LogP contribution in [0.25, 0.3) is 11.0 Å². The zero-order chi connectivity index (χ0) is 10.3. The van der Waals surface area contributed by atoms with E-state index >= 15 is 0 Å². The molecule has 1 N–H and O–H groups in total. The molecule has 0 spiro atoms. The molecule has 0 amide bonds. The Labute approximate surface area is 88.4 Å². The van der Waals surface area contributed by atoms with Crippen LogP contribution in [-0.2, 0) is 19.4 Å². The van der Waals surface area contributed by atoms with Crippen molar-refractivity contribution in [2.24, 2.45) is 0 Å². The van der Waals surface area contributed by atoms with Gasteiger partial charge in [-0.3, -0.25) is 0 Å². The third-order valence-electron chi connectivity index (χ3n) is 3.07. The van der Waals surface area contributed by atoms with Crippen LogP contribution in [0.3, 0.4) is 0 Å². The van der Waals surface area contributed by atoms with E-state index in [9.17, 15) is 0 Å². The second-order valence-electron chi connectivity index (χ2n) is 4.08. The van der Waals surface area contributed by atoms with Crippen molar-refractivity contribution in [3.8, 4) is 0 Å². The molecule has 3 heteroatoms. The van der Waals surface area contributed by atoms with Crippen molar-refractivity contribution in [3.63, 3.8) is 0 Å². The van der Waals surface area contributed by atoms with E-state index < -0.39 is 0 Å². The van der Waals surface area contributed by atoms with Gasteiger partial charge in [-0.25, -0.2) is 4.98 Å². The standard InChI is InChI=1S/C12H14N2O/c15-7-5-9-3-4-10-11(8-9)14-6-1-2-12(14)13-10/h3-4,8,15H,1-2,5-7H2. The normalized spacial score (nSPS) is 14.7. The summed E-state index contributed by atoms with van der Waals surface area (Å²) in [4.78, 5) is 4.59. The van der Waals surface area contributed by atoms with E-state index in [0.717, 1.165) is 24.9 Å². The molecule has 78 valence electrons. The number of hydrogen-bond acceptors (Lipinski definition) is 2. The zero-order valence-electron chi connectivity index (χ0n) is 8.61. The number of hydrogen-bond donors (Lipinski definition) is 1. The molecule has 0 saturated carbocycles. The first-order chi connectivity index (χ1) is 7.38. The summed E-state index contributed by atoms with van der Waals surface area (Å²) in [6, 6.07) is 6.28. The van der Waals surface area contributed by atoms with Crippen LogP contribution in [-0.4, -0.2) is 21.3 Å². The van der Waals surface area contributed by atoms with Gasteiger partial charge in [0.15, 0.2) is 0 Å². The number of nitrogens with zero attached hydrogens (tertiary/aromatic N) is 2. The molecule has 2 aromatic rings. The number of imidazole rings is 1. The lowest BCUT2D eigenvalue weighted by Gasteiger charge is -2.01. The van der Waals surface area contributed by atoms with E-state index in [1.165, 1.54) is 23.3 Å². The molecule has 1 aliphatic heterocycles. The lowest BCUT2D eigenvalue weighted by Crippen LogP contribution is -1.94. The van der Waals surface area contributed by atoms with Crippen molar-refractivity contribution in [1.29, 1.82) is 0 Å². The van der Waals surface area contributed by atoms with Crippen LogP contribution in [0.2, 0.25) is 0 Å². The highest BCUT2D eigenvalue weighted by atomic mass is 16.2. The molecule has 0 fully saturated rings. The van der Waals surface area contributed by atoms with E-state index in [4.69, 9.17) is 5.11 Å². The molecular formula is C12H14N2O. The van der Waals surface area contributed by atoms with Gasteiger partial charge in [-0.15, -0.1) is 0 Å². The van der Waals surface area contributed by atoms with Crippen LogP contribution < -0.4 is 0 Å². The van der Waals surface area contributed by atoms with Gasteiger partial charge < -0.3 is 9.67 Å². The van der Waals surface area contributed by atoms with Crippen LogP contribution in [0.4, 0.5) is 0 Å². The molecule has 15 heavy (non-hydrogen) atoms. The molecule has 0 bridgehead atoms. The van der Waals surface area contributed by atoms with Gasteiger partial charge in [0, 0.05) is 19.6 Å². The molecule has 3 nitrogen and oxygen atoms in total. The minimum atomic E-state index is 0.215. The topological polar surface area (TPSA) is 38.1 Å². The summed E-state index contributed by atoms with van der Waals surface area (Å²) >= 11 is 0. The lowest BCUT2D eigenvalue weighted by atomic mass is 10.1. The number of aliphatic hydroxyl groups excluding tert-OH is 1. The van der Waals surface area contributed by atoms with Gasteiger partial charge in [0.1, 0.15) is 5.82 Å². The van der Waals surface area contributed by atoms with E-state index in [1.807, 2.05) is 0 Å². The summed E-state index contributed by atoms with van der Waals surface area (Å²) in [7, 11) is 0. The Hall–Kier alpha value is -1.35. The number of benzene rings is 1. The van der Waals surface area contributed by atoms with Crippen molar-refractivity contribution in [2.45, 2.75) is 25.8 Å². The Morgan fingerprint density at radius 2 is 2.33 bits per heavy atom. The molecule has 0 unspecified atom stereocenters. The van der Waals surface area contributed by atoms with Crippen molar-refractivity contribution >= 4 is 11.0 Å². The molecule has 0 atom stereocenters. The van der Waals surface area contributed by atoms with E-state index in [1.54, 1.807) is 0 Å². The predicted octanol–water partition coefficient (Wildman–Crippen LogP) is 1.52. The Kier molecular flexibility index (Phi) is 1.99. The van der Waals surface area contributed by atoms with Crippen LogP contribution in [0.15, 0.2) is 18.2 Å². The van der Waals surface area contributed by atoms with E-state index in [-0.39, 0.29) is 6.61 Å². The molecule has 3 rings (SSSR count). The van der Waals surface area contributed by atoms with Gasteiger partial charge in [0.25, 0.3) is 0 Å². The van der Waals surface area contributed by atoms with Crippen molar-refractivity contribution in [1.82, 2.24) is 9.55 Å². The number of rotatable bonds is 2. The first kappa shape index (κ1) is 8.92. The van der Waals surface area contributed by atoms with Gasteiger partial charge in [0.2, 0.25) is 0 Å². The van der Waals surface area contributed by atoms with Gasteiger partial charge in [-0.2, -0.15) is 0 Å². The Morgan fingerprint density at radius 3 is 3.20 bits per heavy atom. The monoisotopic (exact) mass is 202 g/mol. The largest absolute Gasteiger partial charge is 0.396 e. The fourth-order valence-corrected chi connectivity index (χ4v) is 2.34. The van der Waals surface area contributed by atoms with Crippen molar-refractivity contribution in [3.05, 3.63) is 29.6 Å². The molecule has 0 aliphatic carbocycles. The molecular weight excluding hydrogens is 188 g/mol. The average Bonchev–Trinajstić information content (AvgIpc) is 2.78. The molecule has 1 aromatic carbocycles. The van der Waals surface area contributed by atoms with Crippen LogP contribution in [0.1, 0.15) is 17.8 Å². The zero-order valence-corrected chi connectivity index (χ0v) is 8.61. The molecule has 0 saturated heterocycles. The second-order valence-corrected chi connectivity index (χ2v) is 4.08. The Morgan fingerprint density at radius 1 is 1.40 bits per heavy atom. The first-order valence-electron chi connectivity index (χ1n) is 5.47. The molecule has 1 aliphatic rings. The van der Waals surface area contributed by atoms with Gasteiger partial charge in [-0.1, -0.05) is 6.07 Å². The highest BCUT2D eigenvalue weighted by Gasteiger charge is 2.15. The predicted molar refractivity (Wildman–Crippen MR) is 58.8 cm³/mol. The molecule has 1 aromatic heterocycles. The van der Waals surface area contributed by atoms with Crippen molar-refractivity contribution < 1.29 is 5.11 Å².